The third kappa shape index (κ3) is 4.04. The third-order valence-electron chi connectivity index (χ3n) is 4.98. The Balaban J connectivity index is 1.30. The number of rotatable bonds is 5. The lowest BCUT2D eigenvalue weighted by Gasteiger charge is -2.33. The number of anilines is 2. The van der Waals surface area contributed by atoms with Gasteiger partial charge >= 0.3 is 0 Å². The highest BCUT2D eigenvalue weighted by Crippen LogP contribution is 2.18. The van der Waals surface area contributed by atoms with Gasteiger partial charge in [0.05, 0.1) is 0 Å². The quantitative estimate of drug-likeness (QED) is 0.888. The number of piperidine rings is 1. The molecule has 0 amide bonds. The van der Waals surface area contributed by atoms with Crippen LogP contribution < -0.4 is 15.1 Å². The second kappa shape index (κ2) is 7.74. The molecule has 2 fully saturated rings. The van der Waals surface area contributed by atoms with E-state index in [1.54, 1.807) is 6.20 Å². The Morgan fingerprint density at radius 1 is 1.04 bits per heavy atom. The molecule has 4 rings (SSSR count). The van der Waals surface area contributed by atoms with Gasteiger partial charge < -0.3 is 15.1 Å². The van der Waals surface area contributed by atoms with Crippen LogP contribution in [0.5, 0.6) is 0 Å². The third-order valence-corrected chi connectivity index (χ3v) is 4.98. The monoisotopic (exact) mass is 339 g/mol. The Hall–Kier alpha value is -2.28. The Labute approximate surface area is 148 Å². The first-order valence-corrected chi connectivity index (χ1v) is 9.20. The average Bonchev–Trinajstić information content (AvgIpc) is 3.23. The van der Waals surface area contributed by atoms with Gasteiger partial charge in [0, 0.05) is 62.9 Å². The van der Waals surface area contributed by atoms with Crippen LogP contribution in [0.2, 0.25) is 0 Å². The predicted molar refractivity (Wildman–Crippen MR) is 97.6 cm³/mol. The number of nitrogens with zero attached hydrogens (tertiary/aromatic N) is 6. The van der Waals surface area contributed by atoms with Gasteiger partial charge in [-0.2, -0.15) is 5.10 Å². The molecule has 7 heteroatoms. The van der Waals surface area contributed by atoms with Gasteiger partial charge in [-0.3, -0.25) is 0 Å². The van der Waals surface area contributed by atoms with Crippen molar-refractivity contribution in [3.8, 4) is 0 Å². The first-order chi connectivity index (χ1) is 12.4. The predicted octanol–water partition coefficient (Wildman–Crippen LogP) is 1.63. The van der Waals surface area contributed by atoms with Gasteiger partial charge in [-0.15, -0.1) is 5.10 Å². The van der Waals surface area contributed by atoms with Gasteiger partial charge in [0.2, 0.25) is 5.95 Å². The molecule has 2 aromatic rings. The Bertz CT molecular complexity index is 655. The Kier molecular flexibility index (Phi) is 5.01. The highest BCUT2D eigenvalue weighted by molar-refractivity contribution is 5.37. The smallest absolute Gasteiger partial charge is 0.225 e. The van der Waals surface area contributed by atoms with E-state index in [2.05, 4.69) is 35.3 Å². The highest BCUT2D eigenvalue weighted by atomic mass is 15.3. The maximum absolute atomic E-state index is 4.53. The normalized spacial score (nSPS) is 20.9. The maximum Gasteiger partial charge on any atom is 0.225 e. The van der Waals surface area contributed by atoms with E-state index in [4.69, 9.17) is 0 Å². The zero-order chi connectivity index (χ0) is 16.9. The van der Waals surface area contributed by atoms with Crippen LogP contribution in [-0.2, 0) is 6.54 Å². The van der Waals surface area contributed by atoms with E-state index in [9.17, 15) is 0 Å². The summed E-state index contributed by atoms with van der Waals surface area (Å²) >= 11 is 0. The molecular weight excluding hydrogens is 314 g/mol. The summed E-state index contributed by atoms with van der Waals surface area (Å²) in [5, 5.41) is 11.9. The van der Waals surface area contributed by atoms with E-state index in [-0.39, 0.29) is 0 Å². The fourth-order valence-corrected chi connectivity index (χ4v) is 3.60. The second-order valence-corrected chi connectivity index (χ2v) is 6.83. The SMILES string of the molecule is c1cnnc(N2CCCC(NCc3cnc(N4CCCC4)nc3)C2)c1. The van der Waals surface area contributed by atoms with Crippen LogP contribution in [0.4, 0.5) is 11.8 Å². The summed E-state index contributed by atoms with van der Waals surface area (Å²) < 4.78 is 0. The molecule has 0 aliphatic carbocycles. The van der Waals surface area contributed by atoms with Crippen molar-refractivity contribution in [2.24, 2.45) is 0 Å². The van der Waals surface area contributed by atoms with Crippen molar-refractivity contribution in [1.82, 2.24) is 25.5 Å². The lowest BCUT2D eigenvalue weighted by molar-refractivity contribution is 0.419. The van der Waals surface area contributed by atoms with Crippen molar-refractivity contribution in [2.75, 3.05) is 36.0 Å². The van der Waals surface area contributed by atoms with Crippen molar-refractivity contribution in [1.29, 1.82) is 0 Å². The minimum atomic E-state index is 0.453. The summed E-state index contributed by atoms with van der Waals surface area (Å²) in [5.41, 5.74) is 1.14. The van der Waals surface area contributed by atoms with Crippen LogP contribution in [0.25, 0.3) is 0 Å². The molecule has 25 heavy (non-hydrogen) atoms. The van der Waals surface area contributed by atoms with Gasteiger partial charge in [-0.05, 0) is 37.8 Å². The van der Waals surface area contributed by atoms with Crippen LogP contribution in [0.15, 0.2) is 30.7 Å². The zero-order valence-corrected chi connectivity index (χ0v) is 14.5. The number of hydrogen-bond donors (Lipinski definition) is 1. The first kappa shape index (κ1) is 16.2. The second-order valence-electron chi connectivity index (χ2n) is 6.83. The Morgan fingerprint density at radius 2 is 1.84 bits per heavy atom. The molecule has 0 saturated carbocycles. The van der Waals surface area contributed by atoms with Crippen LogP contribution in [0.3, 0.4) is 0 Å². The summed E-state index contributed by atoms with van der Waals surface area (Å²) in [6.45, 7) is 4.98. The van der Waals surface area contributed by atoms with Crippen LogP contribution in [0.1, 0.15) is 31.2 Å². The summed E-state index contributed by atoms with van der Waals surface area (Å²) in [6, 6.07) is 4.42. The minimum Gasteiger partial charge on any atom is -0.354 e. The number of nitrogens with one attached hydrogen (secondary N) is 1. The molecule has 132 valence electrons. The molecule has 1 unspecified atom stereocenters. The van der Waals surface area contributed by atoms with Crippen molar-refractivity contribution in [2.45, 2.75) is 38.3 Å². The fourth-order valence-electron chi connectivity index (χ4n) is 3.60. The van der Waals surface area contributed by atoms with Crippen LogP contribution in [-0.4, -0.2) is 52.4 Å². The summed E-state index contributed by atoms with van der Waals surface area (Å²) in [6.07, 6.45) is 10.5. The maximum atomic E-state index is 4.53. The van der Waals surface area contributed by atoms with Crippen molar-refractivity contribution in [3.63, 3.8) is 0 Å². The molecule has 2 aliphatic rings. The molecule has 2 aliphatic heterocycles. The topological polar surface area (TPSA) is 70.1 Å². The standard InChI is InChI=1S/C18H25N7/c1-2-9-24(8-1)18-20-12-15(13-21-18)11-19-16-5-4-10-25(14-16)17-6-3-7-22-23-17/h3,6-7,12-13,16,19H,1-2,4-5,8-11,14H2. The van der Waals surface area contributed by atoms with Crippen molar-refractivity contribution < 1.29 is 0 Å². The fraction of sp³-hybridized carbons (Fsp3) is 0.556. The summed E-state index contributed by atoms with van der Waals surface area (Å²) in [5.74, 6) is 1.83. The van der Waals surface area contributed by atoms with Crippen molar-refractivity contribution >= 4 is 11.8 Å². The first-order valence-electron chi connectivity index (χ1n) is 9.20. The molecular formula is C18H25N7. The molecule has 7 nitrogen and oxygen atoms in total. The van der Waals surface area contributed by atoms with Crippen LogP contribution >= 0.6 is 0 Å². The van der Waals surface area contributed by atoms with E-state index >= 15 is 0 Å². The molecule has 0 spiro atoms. The van der Waals surface area contributed by atoms with Gasteiger partial charge in [0.1, 0.15) is 0 Å². The Morgan fingerprint density at radius 3 is 2.60 bits per heavy atom. The van der Waals surface area contributed by atoms with Gasteiger partial charge in [-0.1, -0.05) is 0 Å². The molecule has 2 aromatic heterocycles. The lowest BCUT2D eigenvalue weighted by atomic mass is 10.1. The molecule has 1 N–H and O–H groups in total. The molecule has 2 saturated heterocycles. The molecule has 1 atom stereocenters. The van der Waals surface area contributed by atoms with Gasteiger partial charge in [-0.25, -0.2) is 9.97 Å². The lowest BCUT2D eigenvalue weighted by Crippen LogP contribution is -2.45. The summed E-state index contributed by atoms with van der Waals surface area (Å²) in [4.78, 5) is 13.6. The van der Waals surface area contributed by atoms with E-state index in [1.165, 1.54) is 25.7 Å². The van der Waals surface area contributed by atoms with E-state index in [1.807, 2.05) is 24.5 Å². The molecule has 0 radical (unpaired) electrons. The average molecular weight is 339 g/mol. The molecule has 0 bridgehead atoms. The van der Waals surface area contributed by atoms with E-state index in [0.717, 1.165) is 50.1 Å². The van der Waals surface area contributed by atoms with Gasteiger partial charge in [0.15, 0.2) is 5.82 Å². The molecule has 4 heterocycles. The van der Waals surface area contributed by atoms with Crippen molar-refractivity contribution in [3.05, 3.63) is 36.3 Å². The largest absolute Gasteiger partial charge is 0.354 e. The number of hydrogen-bond acceptors (Lipinski definition) is 7. The van der Waals surface area contributed by atoms with Crippen LogP contribution in [0, 0.1) is 0 Å². The highest BCUT2D eigenvalue weighted by Gasteiger charge is 2.21. The minimum absolute atomic E-state index is 0.453. The van der Waals surface area contributed by atoms with E-state index < -0.39 is 0 Å². The summed E-state index contributed by atoms with van der Waals surface area (Å²) in [7, 11) is 0. The molecule has 0 aromatic carbocycles. The number of aromatic nitrogens is 4. The zero-order valence-electron chi connectivity index (χ0n) is 14.5. The van der Waals surface area contributed by atoms with Gasteiger partial charge in [0.25, 0.3) is 0 Å². The van der Waals surface area contributed by atoms with E-state index in [0.29, 0.717) is 6.04 Å².